The summed E-state index contributed by atoms with van der Waals surface area (Å²) in [7, 11) is 0. The van der Waals surface area contributed by atoms with Crippen LogP contribution in [-0.2, 0) is 0 Å². The first kappa shape index (κ1) is 20.0. The summed E-state index contributed by atoms with van der Waals surface area (Å²) >= 11 is 6.04. The van der Waals surface area contributed by atoms with Gasteiger partial charge in [0.2, 0.25) is 0 Å². The molecule has 144 valence electrons. The number of amides is 1. The number of carbonyl (C=O) groups is 2. The van der Waals surface area contributed by atoms with Crippen molar-refractivity contribution in [2.24, 2.45) is 0 Å². The minimum atomic E-state index is -0.521. The lowest BCUT2D eigenvalue weighted by atomic mass is 10.1. The molecule has 1 amide bonds. The van der Waals surface area contributed by atoms with Crippen LogP contribution in [0.3, 0.4) is 0 Å². The van der Waals surface area contributed by atoms with Crippen molar-refractivity contribution in [3.63, 3.8) is 0 Å². The van der Waals surface area contributed by atoms with Crippen LogP contribution >= 0.6 is 11.6 Å². The zero-order valence-corrected chi connectivity index (χ0v) is 15.8. The molecule has 0 saturated carbocycles. The summed E-state index contributed by atoms with van der Waals surface area (Å²) in [5.41, 5.74) is 1.89. The number of nitrogens with one attached hydrogen (secondary N) is 1. The number of anilines is 1. The van der Waals surface area contributed by atoms with Crippen LogP contribution in [0.15, 0.2) is 78.9 Å². The maximum Gasteiger partial charge on any atom is 0.269 e. The van der Waals surface area contributed by atoms with Gasteiger partial charge in [0.25, 0.3) is 11.6 Å². The van der Waals surface area contributed by atoms with E-state index in [-0.39, 0.29) is 17.4 Å². The molecule has 29 heavy (non-hydrogen) atoms. The fourth-order valence-corrected chi connectivity index (χ4v) is 2.80. The van der Waals surface area contributed by atoms with Gasteiger partial charge in [-0.2, -0.15) is 0 Å². The van der Waals surface area contributed by atoms with Crippen molar-refractivity contribution in [3.8, 4) is 0 Å². The number of allylic oxidation sites excluding steroid dienone is 1. The molecule has 0 atom stereocenters. The van der Waals surface area contributed by atoms with Gasteiger partial charge in [0.1, 0.15) is 0 Å². The largest absolute Gasteiger partial charge is 0.322 e. The fraction of sp³-hybridized carbons (Fsp3) is 0. The van der Waals surface area contributed by atoms with E-state index in [4.69, 9.17) is 11.6 Å². The maximum atomic E-state index is 12.4. The standard InChI is InChI=1S/C22H15ClN2O4/c23-20-7-2-1-6-19(20)22(27)24-17-5-3-4-15(14-17)8-13-21(26)16-9-11-18(12-10-16)25(28)29/h1-14H,(H,24,27)/b13-8+. The monoisotopic (exact) mass is 406 g/mol. The Morgan fingerprint density at radius 3 is 2.38 bits per heavy atom. The molecule has 0 aromatic heterocycles. The number of hydrogen-bond donors (Lipinski definition) is 1. The van der Waals surface area contributed by atoms with E-state index < -0.39 is 4.92 Å². The highest BCUT2D eigenvalue weighted by Crippen LogP contribution is 2.19. The van der Waals surface area contributed by atoms with Gasteiger partial charge in [0.15, 0.2) is 5.78 Å². The molecule has 0 spiro atoms. The molecular formula is C22H15ClN2O4. The van der Waals surface area contributed by atoms with Crippen molar-refractivity contribution in [1.29, 1.82) is 0 Å². The second-order valence-corrected chi connectivity index (χ2v) is 6.47. The van der Waals surface area contributed by atoms with Gasteiger partial charge >= 0.3 is 0 Å². The number of nitro groups is 1. The Morgan fingerprint density at radius 1 is 0.966 bits per heavy atom. The Bertz CT molecular complexity index is 1110. The van der Waals surface area contributed by atoms with E-state index in [0.717, 1.165) is 0 Å². The van der Waals surface area contributed by atoms with Crippen molar-refractivity contribution in [2.75, 3.05) is 5.32 Å². The molecule has 0 unspecified atom stereocenters. The number of non-ortho nitro benzene ring substituents is 1. The molecule has 0 fully saturated rings. The topological polar surface area (TPSA) is 89.3 Å². The zero-order chi connectivity index (χ0) is 20.8. The third-order valence-electron chi connectivity index (χ3n) is 4.05. The Morgan fingerprint density at radius 2 is 1.69 bits per heavy atom. The first-order valence-corrected chi connectivity index (χ1v) is 8.94. The van der Waals surface area contributed by atoms with E-state index in [2.05, 4.69) is 5.32 Å². The average Bonchev–Trinajstić information content (AvgIpc) is 2.72. The first-order chi connectivity index (χ1) is 13.9. The van der Waals surface area contributed by atoms with E-state index in [9.17, 15) is 19.7 Å². The normalized spacial score (nSPS) is 10.7. The third-order valence-corrected chi connectivity index (χ3v) is 4.38. The Labute approximate surface area is 171 Å². The number of nitro benzene ring substituents is 1. The highest BCUT2D eigenvalue weighted by Gasteiger charge is 2.10. The lowest BCUT2D eigenvalue weighted by Crippen LogP contribution is -2.12. The molecule has 3 aromatic rings. The second-order valence-electron chi connectivity index (χ2n) is 6.06. The van der Waals surface area contributed by atoms with Crippen molar-refractivity contribution in [3.05, 3.63) is 111 Å². The number of hydrogen-bond acceptors (Lipinski definition) is 4. The number of carbonyl (C=O) groups excluding carboxylic acids is 2. The van der Waals surface area contributed by atoms with E-state index in [1.54, 1.807) is 54.6 Å². The molecular weight excluding hydrogens is 392 g/mol. The van der Waals surface area contributed by atoms with Crippen molar-refractivity contribution >= 4 is 40.7 Å². The first-order valence-electron chi connectivity index (χ1n) is 8.57. The number of halogens is 1. The van der Waals surface area contributed by atoms with E-state index >= 15 is 0 Å². The maximum absolute atomic E-state index is 12.4. The van der Waals surface area contributed by atoms with Gasteiger partial charge < -0.3 is 5.32 Å². The summed E-state index contributed by atoms with van der Waals surface area (Å²) in [6, 6.07) is 19.1. The molecule has 6 nitrogen and oxygen atoms in total. The SMILES string of the molecule is O=C(/C=C/c1cccc(NC(=O)c2ccccc2Cl)c1)c1ccc([N+](=O)[O-])cc1. The zero-order valence-electron chi connectivity index (χ0n) is 15.0. The van der Waals surface area contributed by atoms with E-state index in [1.807, 2.05) is 0 Å². The smallest absolute Gasteiger partial charge is 0.269 e. The number of nitrogens with zero attached hydrogens (tertiary/aromatic N) is 1. The summed E-state index contributed by atoms with van der Waals surface area (Å²) in [6.45, 7) is 0. The molecule has 0 saturated heterocycles. The molecule has 0 bridgehead atoms. The minimum absolute atomic E-state index is 0.0764. The van der Waals surface area contributed by atoms with Gasteiger partial charge in [-0.15, -0.1) is 0 Å². The number of ketones is 1. The molecule has 0 aliphatic carbocycles. The van der Waals surface area contributed by atoms with Crippen LogP contribution in [-0.4, -0.2) is 16.6 Å². The minimum Gasteiger partial charge on any atom is -0.322 e. The Balaban J connectivity index is 1.70. The van der Waals surface area contributed by atoms with Gasteiger partial charge in [0, 0.05) is 23.4 Å². The molecule has 1 N–H and O–H groups in total. The predicted molar refractivity (Wildman–Crippen MR) is 112 cm³/mol. The van der Waals surface area contributed by atoms with Gasteiger partial charge in [-0.1, -0.05) is 41.9 Å². The van der Waals surface area contributed by atoms with E-state index in [1.165, 1.54) is 30.3 Å². The van der Waals surface area contributed by atoms with Crippen LogP contribution in [0.2, 0.25) is 5.02 Å². The highest BCUT2D eigenvalue weighted by molar-refractivity contribution is 6.34. The molecule has 0 radical (unpaired) electrons. The van der Waals surface area contributed by atoms with Gasteiger partial charge in [-0.05, 0) is 48.0 Å². The second kappa shape index (κ2) is 8.95. The van der Waals surface area contributed by atoms with Crippen LogP contribution in [0.5, 0.6) is 0 Å². The number of rotatable bonds is 6. The lowest BCUT2D eigenvalue weighted by molar-refractivity contribution is -0.384. The molecule has 0 aliphatic rings. The fourth-order valence-electron chi connectivity index (χ4n) is 2.58. The highest BCUT2D eigenvalue weighted by atomic mass is 35.5. The Kier molecular flexibility index (Phi) is 6.16. The predicted octanol–water partition coefficient (Wildman–Crippen LogP) is 5.40. The van der Waals surface area contributed by atoms with Crippen LogP contribution in [0, 0.1) is 10.1 Å². The summed E-state index contributed by atoms with van der Waals surface area (Å²) in [4.78, 5) is 34.8. The third kappa shape index (κ3) is 5.15. The quantitative estimate of drug-likeness (QED) is 0.257. The van der Waals surface area contributed by atoms with Gasteiger partial charge in [-0.3, -0.25) is 19.7 Å². The summed E-state index contributed by atoms with van der Waals surface area (Å²) < 4.78 is 0. The van der Waals surface area contributed by atoms with Crippen LogP contribution in [0.4, 0.5) is 11.4 Å². The summed E-state index contributed by atoms with van der Waals surface area (Å²) in [5.74, 6) is -0.621. The van der Waals surface area contributed by atoms with Crippen molar-refractivity contribution in [1.82, 2.24) is 0 Å². The molecule has 0 aliphatic heterocycles. The Hall–Kier alpha value is -3.77. The van der Waals surface area contributed by atoms with Crippen LogP contribution < -0.4 is 5.32 Å². The number of benzene rings is 3. The van der Waals surface area contributed by atoms with Crippen molar-refractivity contribution < 1.29 is 14.5 Å². The molecule has 3 rings (SSSR count). The lowest BCUT2D eigenvalue weighted by Gasteiger charge is -2.07. The van der Waals surface area contributed by atoms with Gasteiger partial charge in [-0.25, -0.2) is 0 Å². The van der Waals surface area contributed by atoms with Crippen molar-refractivity contribution in [2.45, 2.75) is 0 Å². The average molecular weight is 407 g/mol. The van der Waals surface area contributed by atoms with E-state index in [0.29, 0.717) is 27.4 Å². The summed E-state index contributed by atoms with van der Waals surface area (Å²) in [6.07, 6.45) is 2.98. The molecule has 7 heteroatoms. The molecule has 0 heterocycles. The molecule has 3 aromatic carbocycles. The van der Waals surface area contributed by atoms with Crippen LogP contribution in [0.25, 0.3) is 6.08 Å². The van der Waals surface area contributed by atoms with Gasteiger partial charge in [0.05, 0.1) is 15.5 Å². The van der Waals surface area contributed by atoms with Crippen LogP contribution in [0.1, 0.15) is 26.3 Å². The summed E-state index contributed by atoms with van der Waals surface area (Å²) in [5, 5.41) is 13.8.